The zero-order valence-electron chi connectivity index (χ0n) is 15.8. The summed E-state index contributed by atoms with van der Waals surface area (Å²) < 4.78 is 0. The fourth-order valence-electron chi connectivity index (χ4n) is 3.23. The van der Waals surface area contributed by atoms with Gasteiger partial charge in [0.1, 0.15) is 0 Å². The second-order valence-electron chi connectivity index (χ2n) is 6.90. The summed E-state index contributed by atoms with van der Waals surface area (Å²) in [6.07, 6.45) is 12.2. The van der Waals surface area contributed by atoms with Crippen LogP contribution in [-0.4, -0.2) is 6.54 Å². The van der Waals surface area contributed by atoms with E-state index in [1.165, 1.54) is 62.5 Å². The Labute approximate surface area is 151 Å². The van der Waals surface area contributed by atoms with E-state index in [2.05, 4.69) is 57.3 Å². The third kappa shape index (κ3) is 8.22. The highest BCUT2D eigenvalue weighted by Crippen LogP contribution is 2.27. The Balaban J connectivity index is 0.00000484. The van der Waals surface area contributed by atoms with E-state index in [9.17, 15) is 0 Å². The lowest BCUT2D eigenvalue weighted by atomic mass is 9.86. The summed E-state index contributed by atoms with van der Waals surface area (Å²) in [7, 11) is 0. The van der Waals surface area contributed by atoms with Crippen LogP contribution in [0.4, 0.5) is 0 Å². The second-order valence-corrected chi connectivity index (χ2v) is 6.90. The quantitative estimate of drug-likeness (QED) is 0.414. The number of hydrogen-bond donors (Lipinski definition) is 1. The molecular weight excluding hydrogens is 302 g/mol. The van der Waals surface area contributed by atoms with Crippen molar-refractivity contribution in [1.82, 2.24) is 5.32 Å². The van der Waals surface area contributed by atoms with E-state index in [4.69, 9.17) is 0 Å². The molecule has 1 aromatic carbocycles. The van der Waals surface area contributed by atoms with Crippen LogP contribution in [0.3, 0.4) is 0 Å². The summed E-state index contributed by atoms with van der Waals surface area (Å²) in [4.78, 5) is 0. The van der Waals surface area contributed by atoms with Gasteiger partial charge in [0.15, 0.2) is 0 Å². The van der Waals surface area contributed by atoms with Crippen LogP contribution in [0, 0.1) is 6.92 Å². The fraction of sp³-hybridized carbons (Fsp3) is 0.714. The van der Waals surface area contributed by atoms with E-state index in [1.807, 2.05) is 0 Å². The molecule has 0 fully saturated rings. The first-order valence-electron chi connectivity index (χ1n) is 9.45. The largest absolute Gasteiger partial charge is 0.308 e. The van der Waals surface area contributed by atoms with Crippen LogP contribution in [0.1, 0.15) is 89.7 Å². The Morgan fingerprint density at radius 1 is 0.870 bits per heavy atom. The summed E-state index contributed by atoms with van der Waals surface area (Å²) in [6.45, 7) is 10.3. The van der Waals surface area contributed by atoms with Crippen molar-refractivity contribution in [1.29, 1.82) is 0 Å². The monoisotopic (exact) mass is 339 g/mol. The van der Waals surface area contributed by atoms with Gasteiger partial charge in [0, 0.05) is 5.54 Å². The van der Waals surface area contributed by atoms with Gasteiger partial charge < -0.3 is 5.32 Å². The number of benzene rings is 1. The SMILES string of the molecule is CCCCCCCCCCNC(C)(CC)c1ccccc1C.Cl. The molecule has 0 aliphatic heterocycles. The molecule has 0 radical (unpaired) electrons. The number of unbranched alkanes of at least 4 members (excludes halogenated alkanes) is 7. The molecule has 0 amide bonds. The topological polar surface area (TPSA) is 12.0 Å². The lowest BCUT2D eigenvalue weighted by molar-refractivity contribution is 0.347. The summed E-state index contributed by atoms with van der Waals surface area (Å²) in [5.74, 6) is 0. The molecule has 0 aliphatic rings. The average Bonchev–Trinajstić information content (AvgIpc) is 2.53. The third-order valence-electron chi connectivity index (χ3n) is 4.99. The Morgan fingerprint density at radius 3 is 2.00 bits per heavy atom. The standard InChI is InChI=1S/C21H37N.ClH/c1-5-7-8-9-10-11-12-15-18-22-21(4,6-2)20-17-14-13-16-19(20)3;/h13-14,16-17,22H,5-12,15,18H2,1-4H3;1H. The van der Waals surface area contributed by atoms with Crippen LogP contribution in [0.2, 0.25) is 0 Å². The number of halogens is 1. The lowest BCUT2D eigenvalue weighted by Crippen LogP contribution is -2.40. The zero-order valence-corrected chi connectivity index (χ0v) is 16.6. The van der Waals surface area contributed by atoms with Crippen LogP contribution in [0.15, 0.2) is 24.3 Å². The molecule has 1 nitrogen and oxygen atoms in total. The maximum Gasteiger partial charge on any atom is 0.0406 e. The summed E-state index contributed by atoms with van der Waals surface area (Å²) in [5.41, 5.74) is 2.97. The van der Waals surface area contributed by atoms with Gasteiger partial charge in [-0.1, -0.05) is 83.1 Å². The van der Waals surface area contributed by atoms with E-state index in [0.717, 1.165) is 13.0 Å². The van der Waals surface area contributed by atoms with Crippen molar-refractivity contribution in [3.05, 3.63) is 35.4 Å². The second kappa shape index (κ2) is 12.8. The molecule has 0 saturated heterocycles. The van der Waals surface area contributed by atoms with Gasteiger partial charge in [-0.25, -0.2) is 0 Å². The van der Waals surface area contributed by atoms with Crippen molar-refractivity contribution in [2.45, 2.75) is 91.0 Å². The number of nitrogens with one attached hydrogen (secondary N) is 1. The molecule has 0 heterocycles. The molecule has 1 aromatic rings. The molecule has 1 atom stereocenters. The molecule has 2 heteroatoms. The highest BCUT2D eigenvalue weighted by atomic mass is 35.5. The van der Waals surface area contributed by atoms with Crippen molar-refractivity contribution >= 4 is 12.4 Å². The van der Waals surface area contributed by atoms with Crippen LogP contribution < -0.4 is 5.32 Å². The molecule has 0 saturated carbocycles. The Morgan fingerprint density at radius 2 is 1.43 bits per heavy atom. The number of aryl methyl sites for hydroxylation is 1. The van der Waals surface area contributed by atoms with Crippen molar-refractivity contribution in [3.8, 4) is 0 Å². The van der Waals surface area contributed by atoms with Gasteiger partial charge in [0.2, 0.25) is 0 Å². The van der Waals surface area contributed by atoms with Crippen LogP contribution in [0.25, 0.3) is 0 Å². The Kier molecular flexibility index (Phi) is 12.5. The molecule has 0 bridgehead atoms. The number of rotatable bonds is 12. The van der Waals surface area contributed by atoms with E-state index < -0.39 is 0 Å². The maximum atomic E-state index is 3.81. The fourth-order valence-corrected chi connectivity index (χ4v) is 3.23. The van der Waals surface area contributed by atoms with E-state index >= 15 is 0 Å². The van der Waals surface area contributed by atoms with E-state index in [1.54, 1.807) is 0 Å². The Bertz CT molecular complexity index is 405. The molecular formula is C21H38ClN. The average molecular weight is 340 g/mol. The normalized spacial score (nSPS) is 13.4. The van der Waals surface area contributed by atoms with E-state index in [-0.39, 0.29) is 17.9 Å². The minimum absolute atomic E-state index is 0. The van der Waals surface area contributed by atoms with Gasteiger partial charge in [-0.3, -0.25) is 0 Å². The molecule has 1 unspecified atom stereocenters. The molecule has 0 aromatic heterocycles. The predicted octanol–water partition coefficient (Wildman–Crippen LogP) is 6.77. The highest BCUT2D eigenvalue weighted by molar-refractivity contribution is 5.85. The van der Waals surface area contributed by atoms with Crippen molar-refractivity contribution in [2.75, 3.05) is 6.54 Å². The minimum Gasteiger partial charge on any atom is -0.308 e. The first-order chi connectivity index (χ1) is 10.6. The first-order valence-corrected chi connectivity index (χ1v) is 9.45. The molecule has 0 spiro atoms. The number of hydrogen-bond acceptors (Lipinski definition) is 1. The zero-order chi connectivity index (χ0) is 16.3. The summed E-state index contributed by atoms with van der Waals surface area (Å²) in [6, 6.07) is 8.79. The maximum absolute atomic E-state index is 3.81. The third-order valence-corrected chi connectivity index (χ3v) is 4.99. The summed E-state index contributed by atoms with van der Waals surface area (Å²) in [5, 5.41) is 3.81. The molecule has 23 heavy (non-hydrogen) atoms. The van der Waals surface area contributed by atoms with Crippen molar-refractivity contribution < 1.29 is 0 Å². The summed E-state index contributed by atoms with van der Waals surface area (Å²) >= 11 is 0. The van der Waals surface area contributed by atoms with E-state index in [0.29, 0.717) is 0 Å². The van der Waals surface area contributed by atoms with Crippen LogP contribution in [0.5, 0.6) is 0 Å². The smallest absolute Gasteiger partial charge is 0.0406 e. The van der Waals surface area contributed by atoms with Gasteiger partial charge >= 0.3 is 0 Å². The van der Waals surface area contributed by atoms with Gasteiger partial charge in [0.05, 0.1) is 0 Å². The Hall–Kier alpha value is -0.530. The highest BCUT2D eigenvalue weighted by Gasteiger charge is 2.24. The van der Waals surface area contributed by atoms with Gasteiger partial charge in [0.25, 0.3) is 0 Å². The van der Waals surface area contributed by atoms with Gasteiger partial charge in [-0.2, -0.15) is 0 Å². The molecule has 134 valence electrons. The van der Waals surface area contributed by atoms with Crippen LogP contribution in [-0.2, 0) is 5.54 Å². The minimum atomic E-state index is 0. The molecule has 1 rings (SSSR count). The lowest BCUT2D eigenvalue weighted by Gasteiger charge is -2.32. The predicted molar refractivity (Wildman–Crippen MR) is 107 cm³/mol. The molecule has 1 N–H and O–H groups in total. The van der Waals surface area contributed by atoms with Gasteiger partial charge in [-0.15, -0.1) is 12.4 Å². The van der Waals surface area contributed by atoms with Gasteiger partial charge in [-0.05, 0) is 44.4 Å². The molecule has 0 aliphatic carbocycles. The van der Waals surface area contributed by atoms with Crippen molar-refractivity contribution in [3.63, 3.8) is 0 Å². The van der Waals surface area contributed by atoms with Crippen LogP contribution >= 0.6 is 12.4 Å². The first kappa shape index (κ1) is 22.5. The van der Waals surface area contributed by atoms with Crippen molar-refractivity contribution in [2.24, 2.45) is 0 Å².